The molecular weight excluding hydrogens is 229 g/mol. The van der Waals surface area contributed by atoms with Crippen molar-refractivity contribution < 1.29 is 0 Å². The van der Waals surface area contributed by atoms with E-state index in [9.17, 15) is 0 Å². The molecule has 0 atom stereocenters. The summed E-state index contributed by atoms with van der Waals surface area (Å²) in [6, 6.07) is 0. The second kappa shape index (κ2) is 2.46. The number of aromatic nitrogens is 3. The normalized spacial score (nSPS) is 10.7. The van der Waals surface area contributed by atoms with E-state index in [1.165, 1.54) is 0 Å². The molecule has 0 aliphatic rings. The average molecular weight is 232 g/mol. The highest BCUT2D eigenvalue weighted by atomic mass is 79.9. The minimum atomic E-state index is 0.435. The summed E-state index contributed by atoms with van der Waals surface area (Å²) in [6.45, 7) is 0. The van der Waals surface area contributed by atoms with E-state index < -0.39 is 0 Å². The van der Waals surface area contributed by atoms with E-state index in [4.69, 9.17) is 11.6 Å². The van der Waals surface area contributed by atoms with Crippen molar-refractivity contribution in [1.82, 2.24) is 15.0 Å². The van der Waals surface area contributed by atoms with E-state index in [1.807, 2.05) is 0 Å². The molecule has 2 heterocycles. The fourth-order valence-corrected chi connectivity index (χ4v) is 1.41. The highest BCUT2D eigenvalue weighted by molar-refractivity contribution is 9.10. The molecule has 2 aromatic heterocycles. The molecule has 0 saturated heterocycles. The van der Waals surface area contributed by atoms with Crippen molar-refractivity contribution in [3.63, 3.8) is 0 Å². The monoisotopic (exact) mass is 231 g/mol. The van der Waals surface area contributed by atoms with Crippen LogP contribution in [-0.2, 0) is 0 Å². The second-order valence-electron chi connectivity index (χ2n) is 2.03. The third-order valence-corrected chi connectivity index (χ3v) is 2.63. The highest BCUT2D eigenvalue weighted by Gasteiger charge is 2.05. The van der Waals surface area contributed by atoms with Crippen molar-refractivity contribution in [3.05, 3.63) is 22.1 Å². The lowest BCUT2D eigenvalue weighted by molar-refractivity contribution is 1.32. The van der Waals surface area contributed by atoms with Crippen LogP contribution < -0.4 is 0 Å². The topological polar surface area (TPSA) is 41.6 Å². The van der Waals surface area contributed by atoms with Gasteiger partial charge in [0.2, 0.25) is 0 Å². The van der Waals surface area contributed by atoms with Crippen molar-refractivity contribution in [2.24, 2.45) is 0 Å². The maximum absolute atomic E-state index is 5.73. The lowest BCUT2D eigenvalue weighted by Gasteiger charge is -1.93. The van der Waals surface area contributed by atoms with E-state index in [-0.39, 0.29) is 0 Å². The Labute approximate surface area is 75.9 Å². The number of fused-ring (bicyclic) bond motifs is 1. The van der Waals surface area contributed by atoms with Crippen LogP contribution in [0.3, 0.4) is 0 Å². The van der Waals surface area contributed by atoms with Crippen LogP contribution in [0.4, 0.5) is 0 Å². The molecule has 2 aromatic rings. The van der Waals surface area contributed by atoms with Gasteiger partial charge in [-0.1, -0.05) is 11.6 Å². The fraction of sp³-hybridized carbons (Fsp3) is 0. The van der Waals surface area contributed by atoms with Crippen molar-refractivity contribution in [3.8, 4) is 0 Å². The minimum absolute atomic E-state index is 0.435. The number of halogens is 2. The van der Waals surface area contributed by atoms with Crippen LogP contribution in [0.1, 0.15) is 0 Å². The van der Waals surface area contributed by atoms with E-state index in [1.54, 1.807) is 12.5 Å². The zero-order chi connectivity index (χ0) is 7.84. The van der Waals surface area contributed by atoms with Crippen molar-refractivity contribution >= 4 is 38.6 Å². The molecule has 5 heteroatoms. The zero-order valence-corrected chi connectivity index (χ0v) is 7.65. The van der Waals surface area contributed by atoms with Crippen molar-refractivity contribution in [1.29, 1.82) is 0 Å². The van der Waals surface area contributed by atoms with Crippen molar-refractivity contribution in [2.75, 3.05) is 0 Å². The van der Waals surface area contributed by atoms with Gasteiger partial charge in [-0.3, -0.25) is 0 Å². The Morgan fingerprint density at radius 2 is 2.27 bits per heavy atom. The molecule has 0 aliphatic carbocycles. The van der Waals surface area contributed by atoms with Crippen LogP contribution in [0.2, 0.25) is 5.15 Å². The molecule has 0 unspecified atom stereocenters. The second-order valence-corrected chi connectivity index (χ2v) is 3.18. The quantitative estimate of drug-likeness (QED) is 0.709. The number of rotatable bonds is 0. The lowest BCUT2D eigenvalue weighted by Crippen LogP contribution is -1.78. The summed E-state index contributed by atoms with van der Waals surface area (Å²) in [5, 5.41) is 0.435. The summed E-state index contributed by atoms with van der Waals surface area (Å²) in [6.07, 6.45) is 3.25. The number of nitrogens with one attached hydrogen (secondary N) is 1. The lowest BCUT2D eigenvalue weighted by atomic mass is 10.4. The summed E-state index contributed by atoms with van der Waals surface area (Å²) in [5.74, 6) is 0. The predicted octanol–water partition coefficient (Wildman–Crippen LogP) is 2.37. The standard InChI is InChI=1S/C6H3BrClN3/c7-4-5-3(10-2-11-5)1-9-6(4)8/h1-2H,(H,10,11). The Bertz CT molecular complexity index is 398. The van der Waals surface area contributed by atoms with E-state index in [2.05, 4.69) is 30.9 Å². The van der Waals surface area contributed by atoms with Crippen molar-refractivity contribution in [2.45, 2.75) is 0 Å². The molecule has 56 valence electrons. The summed E-state index contributed by atoms with van der Waals surface area (Å²) in [4.78, 5) is 10.9. The van der Waals surface area contributed by atoms with Gasteiger partial charge < -0.3 is 4.98 Å². The first-order chi connectivity index (χ1) is 5.29. The first-order valence-electron chi connectivity index (χ1n) is 2.92. The molecule has 0 radical (unpaired) electrons. The zero-order valence-electron chi connectivity index (χ0n) is 5.31. The van der Waals surface area contributed by atoms with Gasteiger partial charge >= 0.3 is 0 Å². The maximum atomic E-state index is 5.73. The van der Waals surface area contributed by atoms with E-state index in [0.717, 1.165) is 15.5 Å². The average Bonchev–Trinajstić information content (AvgIpc) is 2.45. The van der Waals surface area contributed by atoms with Crippen LogP contribution >= 0.6 is 27.5 Å². The van der Waals surface area contributed by atoms with Gasteiger partial charge in [-0.25, -0.2) is 9.97 Å². The third kappa shape index (κ3) is 1.02. The summed E-state index contributed by atoms with van der Waals surface area (Å²) in [7, 11) is 0. The molecule has 0 aromatic carbocycles. The molecule has 0 amide bonds. The molecular formula is C6H3BrClN3. The summed E-state index contributed by atoms with van der Waals surface area (Å²) >= 11 is 9.02. The van der Waals surface area contributed by atoms with Gasteiger partial charge in [-0.2, -0.15) is 0 Å². The maximum Gasteiger partial charge on any atom is 0.145 e. The first-order valence-corrected chi connectivity index (χ1v) is 4.09. The van der Waals surface area contributed by atoms with Crippen LogP contribution in [-0.4, -0.2) is 15.0 Å². The molecule has 3 nitrogen and oxygen atoms in total. The van der Waals surface area contributed by atoms with Crippen LogP contribution in [0.25, 0.3) is 11.0 Å². The number of imidazole rings is 1. The SMILES string of the molecule is Clc1ncc2[nH]cnc2c1Br. The van der Waals surface area contributed by atoms with E-state index in [0.29, 0.717) is 5.15 Å². The molecule has 11 heavy (non-hydrogen) atoms. The summed E-state index contributed by atoms with van der Waals surface area (Å²) < 4.78 is 0.734. The molecule has 0 spiro atoms. The predicted molar refractivity (Wildman–Crippen MR) is 46.6 cm³/mol. The van der Waals surface area contributed by atoms with E-state index >= 15 is 0 Å². The Morgan fingerprint density at radius 3 is 3.09 bits per heavy atom. The van der Waals surface area contributed by atoms with Gasteiger partial charge in [0.1, 0.15) is 10.7 Å². The fourth-order valence-electron chi connectivity index (χ4n) is 0.853. The number of hydrogen-bond acceptors (Lipinski definition) is 2. The van der Waals surface area contributed by atoms with Gasteiger partial charge in [0.15, 0.2) is 0 Å². The third-order valence-electron chi connectivity index (χ3n) is 1.36. The largest absolute Gasteiger partial charge is 0.343 e. The molecule has 0 aliphatic heterocycles. The number of H-pyrrole nitrogens is 1. The molecule has 0 bridgehead atoms. The Hall–Kier alpha value is -0.610. The van der Waals surface area contributed by atoms with Gasteiger partial charge in [-0.05, 0) is 15.9 Å². The molecule has 0 saturated carbocycles. The number of aromatic amines is 1. The Balaban J connectivity index is 2.93. The van der Waals surface area contributed by atoms with Gasteiger partial charge in [0.05, 0.1) is 22.5 Å². The van der Waals surface area contributed by atoms with Gasteiger partial charge in [0, 0.05) is 0 Å². The van der Waals surface area contributed by atoms with Crippen LogP contribution in [0.5, 0.6) is 0 Å². The Kier molecular flexibility index (Phi) is 1.58. The van der Waals surface area contributed by atoms with Crippen LogP contribution in [0.15, 0.2) is 17.0 Å². The summed E-state index contributed by atoms with van der Waals surface area (Å²) in [5.41, 5.74) is 1.69. The van der Waals surface area contributed by atoms with Gasteiger partial charge in [-0.15, -0.1) is 0 Å². The Morgan fingerprint density at radius 1 is 1.45 bits per heavy atom. The number of nitrogens with zero attached hydrogens (tertiary/aromatic N) is 2. The van der Waals surface area contributed by atoms with Crippen LogP contribution in [0, 0.1) is 0 Å². The highest BCUT2D eigenvalue weighted by Crippen LogP contribution is 2.26. The smallest absolute Gasteiger partial charge is 0.145 e. The molecule has 0 fully saturated rings. The first kappa shape index (κ1) is 7.06. The number of hydrogen-bond donors (Lipinski definition) is 1. The number of pyridine rings is 1. The van der Waals surface area contributed by atoms with Gasteiger partial charge in [0.25, 0.3) is 0 Å². The molecule has 2 rings (SSSR count). The minimum Gasteiger partial charge on any atom is -0.343 e. The molecule has 1 N–H and O–H groups in total.